The molecule has 0 radical (unpaired) electrons. The maximum Gasteiger partial charge on any atom is 0.252 e. The highest BCUT2D eigenvalue weighted by Crippen LogP contribution is 2.13. The summed E-state index contributed by atoms with van der Waals surface area (Å²) in [7, 11) is 0. The molecule has 2 aromatic carbocycles. The van der Waals surface area contributed by atoms with Gasteiger partial charge in [0.25, 0.3) is 5.91 Å². The predicted molar refractivity (Wildman–Crippen MR) is 80.7 cm³/mol. The molecule has 1 amide bonds. The molecule has 2 nitrogen and oxygen atoms in total. The van der Waals surface area contributed by atoms with E-state index >= 15 is 0 Å². The van der Waals surface area contributed by atoms with E-state index in [1.165, 1.54) is 5.56 Å². The number of hydrogen-bond donors (Lipinski definition) is 2. The van der Waals surface area contributed by atoms with Crippen molar-refractivity contribution in [1.82, 2.24) is 5.32 Å². The Balaban J connectivity index is 2.07. The van der Waals surface area contributed by atoms with Crippen molar-refractivity contribution in [2.75, 3.05) is 0 Å². The normalized spacial score (nSPS) is 10.2. The van der Waals surface area contributed by atoms with Gasteiger partial charge in [-0.2, -0.15) is 0 Å². The molecule has 2 rings (SSSR count). The van der Waals surface area contributed by atoms with Crippen LogP contribution < -0.4 is 5.32 Å². The zero-order valence-corrected chi connectivity index (χ0v) is 11.8. The number of aryl methyl sites for hydroxylation is 1. The summed E-state index contributed by atoms with van der Waals surface area (Å²) in [6.07, 6.45) is 0.967. The summed E-state index contributed by atoms with van der Waals surface area (Å²) in [5, 5.41) is 2.94. The van der Waals surface area contributed by atoms with Gasteiger partial charge in [-0.15, -0.1) is 12.6 Å². The Labute approximate surface area is 119 Å². The molecule has 0 aromatic heterocycles. The smallest absolute Gasteiger partial charge is 0.252 e. The van der Waals surface area contributed by atoms with E-state index in [1.54, 1.807) is 6.07 Å². The molecule has 98 valence electrons. The van der Waals surface area contributed by atoms with Crippen LogP contribution in [0.5, 0.6) is 0 Å². The van der Waals surface area contributed by atoms with Crippen LogP contribution in [0.4, 0.5) is 0 Å². The molecule has 0 atom stereocenters. The van der Waals surface area contributed by atoms with Crippen LogP contribution in [-0.4, -0.2) is 5.91 Å². The number of amides is 1. The topological polar surface area (TPSA) is 29.1 Å². The molecule has 0 unspecified atom stereocenters. The lowest BCUT2D eigenvalue weighted by molar-refractivity contribution is 0.0948. The highest BCUT2D eigenvalue weighted by atomic mass is 32.1. The number of thiol groups is 1. The third kappa shape index (κ3) is 3.38. The van der Waals surface area contributed by atoms with E-state index in [2.05, 4.69) is 30.9 Å². The summed E-state index contributed by atoms with van der Waals surface area (Å²) in [6, 6.07) is 15.5. The fraction of sp³-hybridized carbons (Fsp3) is 0.188. The van der Waals surface area contributed by atoms with Crippen molar-refractivity contribution in [2.45, 2.75) is 24.8 Å². The molecular weight excluding hydrogens is 254 g/mol. The summed E-state index contributed by atoms with van der Waals surface area (Å²) < 4.78 is 0. The second-order valence-electron chi connectivity index (χ2n) is 4.32. The van der Waals surface area contributed by atoms with Crippen LogP contribution in [0, 0.1) is 0 Å². The van der Waals surface area contributed by atoms with Gasteiger partial charge in [-0.05, 0) is 29.7 Å². The van der Waals surface area contributed by atoms with Gasteiger partial charge in [-0.25, -0.2) is 0 Å². The summed E-state index contributed by atoms with van der Waals surface area (Å²) >= 11 is 4.30. The average molecular weight is 271 g/mol. The highest BCUT2D eigenvalue weighted by molar-refractivity contribution is 7.80. The van der Waals surface area contributed by atoms with Crippen molar-refractivity contribution >= 4 is 18.5 Å². The first-order valence-corrected chi connectivity index (χ1v) is 6.80. The summed E-state index contributed by atoms with van der Waals surface area (Å²) in [4.78, 5) is 12.8. The van der Waals surface area contributed by atoms with Crippen LogP contribution in [0.2, 0.25) is 0 Å². The summed E-state index contributed by atoms with van der Waals surface area (Å²) in [5.74, 6) is -0.0866. The van der Waals surface area contributed by atoms with Crippen molar-refractivity contribution in [3.05, 3.63) is 65.2 Å². The monoisotopic (exact) mass is 271 g/mol. The van der Waals surface area contributed by atoms with E-state index in [-0.39, 0.29) is 5.91 Å². The van der Waals surface area contributed by atoms with Crippen LogP contribution in [-0.2, 0) is 13.0 Å². The quantitative estimate of drug-likeness (QED) is 0.819. The van der Waals surface area contributed by atoms with Gasteiger partial charge in [0.05, 0.1) is 5.56 Å². The number of rotatable bonds is 4. The van der Waals surface area contributed by atoms with Gasteiger partial charge in [0.15, 0.2) is 0 Å². The van der Waals surface area contributed by atoms with Crippen molar-refractivity contribution in [2.24, 2.45) is 0 Å². The molecule has 0 fully saturated rings. The first-order chi connectivity index (χ1) is 9.22. The molecule has 0 aliphatic rings. The molecule has 0 aliphatic heterocycles. The Morgan fingerprint density at radius 3 is 2.37 bits per heavy atom. The number of hydrogen-bond acceptors (Lipinski definition) is 2. The van der Waals surface area contributed by atoms with Crippen LogP contribution in [0.25, 0.3) is 0 Å². The molecule has 0 heterocycles. The molecular formula is C16H17NOS. The van der Waals surface area contributed by atoms with Crippen LogP contribution >= 0.6 is 12.6 Å². The van der Waals surface area contributed by atoms with E-state index in [1.807, 2.05) is 36.4 Å². The first-order valence-electron chi connectivity index (χ1n) is 6.35. The lowest BCUT2D eigenvalue weighted by Crippen LogP contribution is -2.23. The minimum absolute atomic E-state index is 0.0866. The van der Waals surface area contributed by atoms with Gasteiger partial charge in [-0.3, -0.25) is 4.79 Å². The van der Waals surface area contributed by atoms with Crippen LogP contribution in [0.15, 0.2) is 53.4 Å². The minimum atomic E-state index is -0.0866. The van der Waals surface area contributed by atoms with Gasteiger partial charge in [0.2, 0.25) is 0 Å². The zero-order valence-electron chi connectivity index (χ0n) is 10.9. The van der Waals surface area contributed by atoms with E-state index in [9.17, 15) is 4.79 Å². The summed E-state index contributed by atoms with van der Waals surface area (Å²) in [5.41, 5.74) is 3.04. The Kier molecular flexibility index (Phi) is 4.63. The molecule has 0 aliphatic carbocycles. The summed E-state index contributed by atoms with van der Waals surface area (Å²) in [6.45, 7) is 2.66. The van der Waals surface area contributed by atoms with Gasteiger partial charge in [0, 0.05) is 11.4 Å². The Hall–Kier alpha value is -1.74. The molecule has 3 heteroatoms. The van der Waals surface area contributed by atoms with Crippen molar-refractivity contribution in [3.63, 3.8) is 0 Å². The highest BCUT2D eigenvalue weighted by Gasteiger charge is 2.08. The van der Waals surface area contributed by atoms with E-state index in [0.29, 0.717) is 17.0 Å². The number of benzene rings is 2. The largest absolute Gasteiger partial charge is 0.348 e. The number of carbonyl (C=O) groups is 1. The lowest BCUT2D eigenvalue weighted by atomic mass is 10.1. The van der Waals surface area contributed by atoms with Gasteiger partial charge in [0.1, 0.15) is 0 Å². The molecule has 0 saturated heterocycles. The fourth-order valence-electron chi connectivity index (χ4n) is 2.01. The minimum Gasteiger partial charge on any atom is -0.348 e. The average Bonchev–Trinajstić information content (AvgIpc) is 2.45. The molecule has 2 aromatic rings. The molecule has 19 heavy (non-hydrogen) atoms. The molecule has 1 N–H and O–H groups in total. The SMILES string of the molecule is CCc1ccccc1CNC(=O)c1ccccc1S. The van der Waals surface area contributed by atoms with Crippen LogP contribution in [0.1, 0.15) is 28.4 Å². The standard InChI is InChI=1S/C16H17NOS/c1-2-12-7-3-4-8-13(12)11-17-16(18)14-9-5-6-10-15(14)19/h3-10,19H,2,11H2,1H3,(H,17,18). The number of carbonyl (C=O) groups excluding carboxylic acids is 1. The Morgan fingerprint density at radius 2 is 1.68 bits per heavy atom. The second-order valence-corrected chi connectivity index (χ2v) is 4.80. The third-order valence-electron chi connectivity index (χ3n) is 3.09. The first kappa shape index (κ1) is 13.7. The molecule has 0 saturated carbocycles. The maximum absolute atomic E-state index is 12.1. The second kappa shape index (κ2) is 6.43. The van der Waals surface area contributed by atoms with Gasteiger partial charge >= 0.3 is 0 Å². The van der Waals surface area contributed by atoms with E-state index in [0.717, 1.165) is 12.0 Å². The predicted octanol–water partition coefficient (Wildman–Crippen LogP) is 3.47. The van der Waals surface area contributed by atoms with Crippen LogP contribution in [0.3, 0.4) is 0 Å². The van der Waals surface area contributed by atoms with Crippen molar-refractivity contribution in [1.29, 1.82) is 0 Å². The van der Waals surface area contributed by atoms with Crippen molar-refractivity contribution in [3.8, 4) is 0 Å². The van der Waals surface area contributed by atoms with Crippen molar-refractivity contribution < 1.29 is 4.79 Å². The zero-order chi connectivity index (χ0) is 13.7. The van der Waals surface area contributed by atoms with E-state index < -0.39 is 0 Å². The van der Waals surface area contributed by atoms with E-state index in [4.69, 9.17) is 0 Å². The lowest BCUT2D eigenvalue weighted by Gasteiger charge is -2.10. The molecule has 0 bridgehead atoms. The molecule has 0 spiro atoms. The maximum atomic E-state index is 12.1. The Bertz CT molecular complexity index is 580. The Morgan fingerprint density at radius 1 is 1.05 bits per heavy atom. The number of nitrogens with one attached hydrogen (secondary N) is 1. The fourth-order valence-corrected chi connectivity index (χ4v) is 2.27. The van der Waals surface area contributed by atoms with Gasteiger partial charge in [-0.1, -0.05) is 43.3 Å². The van der Waals surface area contributed by atoms with Gasteiger partial charge < -0.3 is 5.32 Å². The third-order valence-corrected chi connectivity index (χ3v) is 3.48.